The summed E-state index contributed by atoms with van der Waals surface area (Å²) in [6, 6.07) is 0. The first-order valence-corrected chi connectivity index (χ1v) is 6.39. The third-order valence-electron chi connectivity index (χ3n) is 3.01. The highest BCUT2D eigenvalue weighted by Gasteiger charge is 2.22. The van der Waals surface area contributed by atoms with E-state index in [9.17, 15) is 10.1 Å². The molecule has 0 aromatic carbocycles. The smallest absolute Gasteiger partial charge is 0.338 e. The maximum absolute atomic E-state index is 10.9. The minimum Gasteiger partial charge on any atom is -0.349 e. The number of rotatable bonds is 7. The number of aromatic nitrogens is 1. The number of nitro groups is 1. The summed E-state index contributed by atoms with van der Waals surface area (Å²) < 4.78 is 4.98. The summed E-state index contributed by atoms with van der Waals surface area (Å²) >= 11 is 0. The van der Waals surface area contributed by atoms with Gasteiger partial charge in [-0.05, 0) is 31.8 Å². The fourth-order valence-electron chi connectivity index (χ4n) is 1.84. The van der Waals surface area contributed by atoms with Crippen molar-refractivity contribution in [3.05, 3.63) is 27.6 Å². The van der Waals surface area contributed by atoms with Crippen molar-refractivity contribution in [2.45, 2.75) is 46.5 Å². The molecule has 1 aromatic heterocycles. The first kappa shape index (κ1) is 14.4. The molecule has 0 bridgehead atoms. The van der Waals surface area contributed by atoms with E-state index in [2.05, 4.69) is 19.0 Å². The predicted molar refractivity (Wildman–Crippen MR) is 70.2 cm³/mol. The van der Waals surface area contributed by atoms with Crippen LogP contribution in [0.4, 0.5) is 5.69 Å². The van der Waals surface area contributed by atoms with Crippen LogP contribution in [-0.2, 0) is 0 Å². The van der Waals surface area contributed by atoms with Gasteiger partial charge in [-0.25, -0.2) is 0 Å². The van der Waals surface area contributed by atoms with Gasteiger partial charge in [-0.2, -0.15) is 0 Å². The van der Waals surface area contributed by atoms with Crippen molar-refractivity contribution >= 4 is 11.8 Å². The van der Waals surface area contributed by atoms with E-state index in [1.807, 2.05) is 6.08 Å². The van der Waals surface area contributed by atoms with Crippen molar-refractivity contribution in [2.75, 3.05) is 0 Å². The fourth-order valence-corrected chi connectivity index (χ4v) is 1.84. The second kappa shape index (κ2) is 6.93. The Morgan fingerprint density at radius 3 is 2.78 bits per heavy atom. The van der Waals surface area contributed by atoms with E-state index in [0.29, 0.717) is 11.6 Å². The predicted octanol–water partition coefficient (Wildman–Crippen LogP) is 4.12. The van der Waals surface area contributed by atoms with Crippen LogP contribution in [0.15, 0.2) is 10.6 Å². The third-order valence-corrected chi connectivity index (χ3v) is 3.01. The standard InChI is InChI=1S/C13H20N2O3/c1-4-6-7-11(5-2)8-9-12-13(15(16)17)10(3)14-18-12/h8-9,11H,4-7H2,1-3H3/t11-/m0/s1. The van der Waals surface area contributed by atoms with Crippen LogP contribution >= 0.6 is 0 Å². The molecule has 0 spiro atoms. The molecule has 1 atom stereocenters. The van der Waals surface area contributed by atoms with E-state index in [-0.39, 0.29) is 11.4 Å². The highest BCUT2D eigenvalue weighted by atomic mass is 16.6. The summed E-state index contributed by atoms with van der Waals surface area (Å²) in [6.07, 6.45) is 8.12. The Morgan fingerprint density at radius 2 is 2.22 bits per heavy atom. The van der Waals surface area contributed by atoms with Gasteiger partial charge in [-0.3, -0.25) is 10.1 Å². The van der Waals surface area contributed by atoms with Crippen LogP contribution < -0.4 is 0 Å². The van der Waals surface area contributed by atoms with Gasteiger partial charge >= 0.3 is 5.69 Å². The minimum atomic E-state index is -0.446. The van der Waals surface area contributed by atoms with Crippen LogP contribution in [0.25, 0.3) is 6.08 Å². The Labute approximate surface area is 107 Å². The second-order valence-electron chi connectivity index (χ2n) is 4.41. The van der Waals surface area contributed by atoms with Gasteiger partial charge in [0.15, 0.2) is 5.69 Å². The lowest BCUT2D eigenvalue weighted by Gasteiger charge is -2.07. The minimum absolute atomic E-state index is 0.0309. The monoisotopic (exact) mass is 252 g/mol. The number of hydrogen-bond donors (Lipinski definition) is 0. The zero-order valence-corrected chi connectivity index (χ0v) is 11.2. The number of hydrogen-bond acceptors (Lipinski definition) is 4. The number of unbranched alkanes of at least 4 members (excludes halogenated alkanes) is 1. The lowest BCUT2D eigenvalue weighted by molar-refractivity contribution is -0.386. The van der Waals surface area contributed by atoms with Gasteiger partial charge in [0.2, 0.25) is 5.76 Å². The Hall–Kier alpha value is -1.65. The van der Waals surface area contributed by atoms with Crippen molar-refractivity contribution in [2.24, 2.45) is 5.92 Å². The average molecular weight is 252 g/mol. The second-order valence-corrected chi connectivity index (χ2v) is 4.41. The Balaban J connectivity index is 2.79. The van der Waals surface area contributed by atoms with Gasteiger partial charge < -0.3 is 4.52 Å². The van der Waals surface area contributed by atoms with Gasteiger partial charge in [0.25, 0.3) is 0 Å². The Kier molecular flexibility index (Phi) is 5.55. The molecular weight excluding hydrogens is 232 g/mol. The molecule has 0 saturated carbocycles. The molecule has 0 radical (unpaired) electrons. The quantitative estimate of drug-likeness (QED) is 0.540. The third kappa shape index (κ3) is 3.68. The molecule has 1 rings (SSSR count). The maximum Gasteiger partial charge on any atom is 0.338 e. The van der Waals surface area contributed by atoms with Crippen LogP contribution in [-0.4, -0.2) is 10.1 Å². The van der Waals surface area contributed by atoms with Crippen LogP contribution in [0, 0.1) is 23.0 Å². The van der Waals surface area contributed by atoms with Crippen molar-refractivity contribution in [3.8, 4) is 0 Å². The molecule has 0 unspecified atom stereocenters. The molecule has 0 saturated heterocycles. The van der Waals surface area contributed by atoms with Crippen molar-refractivity contribution < 1.29 is 9.45 Å². The highest BCUT2D eigenvalue weighted by Crippen LogP contribution is 2.25. The SMILES string of the molecule is CCCC[C@@H](C=Cc1onc(C)c1[N+](=O)[O-])CC. The molecule has 0 amide bonds. The van der Waals surface area contributed by atoms with Gasteiger partial charge in [0, 0.05) is 0 Å². The summed E-state index contributed by atoms with van der Waals surface area (Å²) in [6.45, 7) is 5.85. The number of aryl methyl sites for hydroxylation is 1. The molecule has 0 aliphatic heterocycles. The molecule has 0 aliphatic carbocycles. The summed E-state index contributed by atoms with van der Waals surface area (Å²) in [5.41, 5.74) is 0.290. The molecule has 0 fully saturated rings. The van der Waals surface area contributed by atoms with Crippen LogP contribution in [0.5, 0.6) is 0 Å². The Bertz CT molecular complexity index is 424. The lowest BCUT2D eigenvalue weighted by Crippen LogP contribution is -1.94. The highest BCUT2D eigenvalue weighted by molar-refractivity contribution is 5.56. The van der Waals surface area contributed by atoms with E-state index >= 15 is 0 Å². The molecule has 5 heteroatoms. The Morgan fingerprint density at radius 1 is 1.50 bits per heavy atom. The van der Waals surface area contributed by atoms with Gasteiger partial charge in [0.1, 0.15) is 0 Å². The van der Waals surface area contributed by atoms with Crippen LogP contribution in [0.3, 0.4) is 0 Å². The first-order chi connectivity index (χ1) is 8.60. The molecule has 5 nitrogen and oxygen atoms in total. The number of allylic oxidation sites excluding steroid dienone is 1. The van der Waals surface area contributed by atoms with Crippen molar-refractivity contribution in [3.63, 3.8) is 0 Å². The molecule has 18 heavy (non-hydrogen) atoms. The molecular formula is C13H20N2O3. The van der Waals surface area contributed by atoms with Crippen LogP contribution in [0.2, 0.25) is 0 Å². The summed E-state index contributed by atoms with van der Waals surface area (Å²) in [5, 5.41) is 14.5. The average Bonchev–Trinajstić information content (AvgIpc) is 2.71. The van der Waals surface area contributed by atoms with E-state index < -0.39 is 4.92 Å². The van der Waals surface area contributed by atoms with Crippen molar-refractivity contribution in [1.29, 1.82) is 0 Å². The van der Waals surface area contributed by atoms with E-state index in [1.165, 1.54) is 6.42 Å². The zero-order chi connectivity index (χ0) is 13.5. The summed E-state index contributed by atoms with van der Waals surface area (Å²) in [5.74, 6) is 0.683. The van der Waals surface area contributed by atoms with E-state index in [1.54, 1.807) is 13.0 Å². The van der Waals surface area contributed by atoms with E-state index in [4.69, 9.17) is 4.52 Å². The van der Waals surface area contributed by atoms with Gasteiger partial charge in [-0.15, -0.1) is 0 Å². The topological polar surface area (TPSA) is 69.2 Å². The largest absolute Gasteiger partial charge is 0.349 e. The van der Waals surface area contributed by atoms with Gasteiger partial charge in [0.05, 0.1) is 4.92 Å². The molecule has 0 aliphatic rings. The van der Waals surface area contributed by atoms with Gasteiger partial charge in [-0.1, -0.05) is 37.9 Å². The van der Waals surface area contributed by atoms with E-state index in [0.717, 1.165) is 19.3 Å². The van der Waals surface area contributed by atoms with Crippen molar-refractivity contribution in [1.82, 2.24) is 5.16 Å². The normalized spacial score (nSPS) is 13.1. The maximum atomic E-state index is 10.9. The molecule has 1 aromatic rings. The lowest BCUT2D eigenvalue weighted by atomic mass is 9.98. The fraction of sp³-hybridized carbons (Fsp3) is 0.615. The summed E-state index contributed by atoms with van der Waals surface area (Å²) in [7, 11) is 0. The molecule has 0 N–H and O–H groups in total. The molecule has 100 valence electrons. The zero-order valence-electron chi connectivity index (χ0n) is 11.2. The number of nitrogens with zero attached hydrogens (tertiary/aromatic N) is 2. The first-order valence-electron chi connectivity index (χ1n) is 6.39. The molecule has 1 heterocycles. The van der Waals surface area contributed by atoms with Crippen LogP contribution in [0.1, 0.15) is 51.0 Å². The summed E-state index contributed by atoms with van der Waals surface area (Å²) in [4.78, 5) is 10.4.